The van der Waals surface area contributed by atoms with Crippen LogP contribution in [0.25, 0.3) is 0 Å². The summed E-state index contributed by atoms with van der Waals surface area (Å²) in [6.07, 6.45) is 1.01. The van der Waals surface area contributed by atoms with Gasteiger partial charge in [-0.3, -0.25) is 10.1 Å². The Bertz CT molecular complexity index is 688. The predicted octanol–water partition coefficient (Wildman–Crippen LogP) is 2.95. The minimum Gasteiger partial charge on any atom is -0.478 e. The quantitative estimate of drug-likeness (QED) is 0.650. The number of carboxylic acid groups (broad SMARTS) is 1. The van der Waals surface area contributed by atoms with Crippen LogP contribution in [0.2, 0.25) is 5.02 Å². The van der Waals surface area contributed by atoms with Crippen LogP contribution in [0.3, 0.4) is 0 Å². The van der Waals surface area contributed by atoms with Crippen molar-refractivity contribution in [1.82, 2.24) is 4.98 Å². The number of benzene rings is 1. The predicted molar refractivity (Wildman–Crippen MR) is 76.6 cm³/mol. The molecular weight excluding hydrogens is 298 g/mol. The number of hydrogen-bond donors (Lipinski definition) is 2. The number of nitrogens with zero attached hydrogens (tertiary/aromatic N) is 2. The number of hydrogen-bond acceptors (Lipinski definition) is 5. The highest BCUT2D eigenvalue weighted by Gasteiger charge is 2.17. The summed E-state index contributed by atoms with van der Waals surface area (Å²) in [5.41, 5.74) is 0.249. The molecule has 0 atom stereocenters. The fraction of sp³-hybridized carbons (Fsp3) is 0.0769. The van der Waals surface area contributed by atoms with Gasteiger partial charge in [-0.15, -0.1) is 0 Å². The topological polar surface area (TPSA) is 105 Å². The SMILES string of the molecule is O=C(O)c1cc([N+](=O)[O-])cnc1NCc1ccc(Cl)cc1. The van der Waals surface area contributed by atoms with E-state index in [4.69, 9.17) is 16.7 Å². The molecule has 2 rings (SSSR count). The first-order valence-corrected chi connectivity index (χ1v) is 6.21. The first-order valence-electron chi connectivity index (χ1n) is 5.83. The maximum absolute atomic E-state index is 11.1. The number of aromatic nitrogens is 1. The number of rotatable bonds is 5. The maximum atomic E-state index is 11.1. The molecule has 1 aromatic carbocycles. The van der Waals surface area contributed by atoms with Crippen molar-refractivity contribution in [3.63, 3.8) is 0 Å². The summed E-state index contributed by atoms with van der Waals surface area (Å²) in [5, 5.41) is 23.2. The largest absolute Gasteiger partial charge is 0.478 e. The van der Waals surface area contributed by atoms with Gasteiger partial charge in [0.1, 0.15) is 17.6 Å². The Kier molecular flexibility index (Phi) is 4.34. The number of halogens is 1. The van der Waals surface area contributed by atoms with Crippen molar-refractivity contribution >= 4 is 29.1 Å². The smallest absolute Gasteiger partial charge is 0.339 e. The van der Waals surface area contributed by atoms with Crippen molar-refractivity contribution in [3.05, 3.63) is 62.8 Å². The summed E-state index contributed by atoms with van der Waals surface area (Å²) in [5.74, 6) is -1.21. The van der Waals surface area contributed by atoms with Crippen LogP contribution in [0.4, 0.5) is 11.5 Å². The first kappa shape index (κ1) is 14.7. The zero-order chi connectivity index (χ0) is 15.4. The van der Waals surface area contributed by atoms with Gasteiger partial charge in [0, 0.05) is 17.6 Å². The Morgan fingerprint density at radius 2 is 2.05 bits per heavy atom. The van der Waals surface area contributed by atoms with Crippen LogP contribution < -0.4 is 5.32 Å². The van der Waals surface area contributed by atoms with Crippen LogP contribution in [0.15, 0.2) is 36.5 Å². The van der Waals surface area contributed by atoms with Crippen molar-refractivity contribution in [3.8, 4) is 0 Å². The monoisotopic (exact) mass is 307 g/mol. The Balaban J connectivity index is 2.21. The second-order valence-corrected chi connectivity index (χ2v) is 4.57. The molecule has 1 aromatic heterocycles. The molecule has 0 spiro atoms. The number of nitro groups is 1. The highest BCUT2D eigenvalue weighted by Crippen LogP contribution is 2.20. The second-order valence-electron chi connectivity index (χ2n) is 4.13. The molecule has 0 saturated carbocycles. The van der Waals surface area contributed by atoms with Gasteiger partial charge in [0.2, 0.25) is 0 Å². The minimum absolute atomic E-state index is 0.0723. The van der Waals surface area contributed by atoms with Crippen LogP contribution in [0.1, 0.15) is 15.9 Å². The van der Waals surface area contributed by atoms with Crippen LogP contribution >= 0.6 is 11.6 Å². The summed E-state index contributed by atoms with van der Waals surface area (Å²) in [6.45, 7) is 0.322. The van der Waals surface area contributed by atoms with E-state index < -0.39 is 10.9 Å². The number of carbonyl (C=O) groups is 1. The molecule has 1 heterocycles. The third kappa shape index (κ3) is 3.67. The van der Waals surface area contributed by atoms with E-state index >= 15 is 0 Å². The van der Waals surface area contributed by atoms with Gasteiger partial charge in [0.25, 0.3) is 5.69 Å². The fourth-order valence-electron chi connectivity index (χ4n) is 1.65. The van der Waals surface area contributed by atoms with Crippen LogP contribution in [0.5, 0.6) is 0 Å². The lowest BCUT2D eigenvalue weighted by Crippen LogP contribution is -2.09. The van der Waals surface area contributed by atoms with Crippen molar-refractivity contribution in [2.75, 3.05) is 5.32 Å². The molecule has 8 heteroatoms. The van der Waals surface area contributed by atoms with Gasteiger partial charge < -0.3 is 10.4 Å². The van der Waals surface area contributed by atoms with Gasteiger partial charge >= 0.3 is 5.97 Å². The van der Waals surface area contributed by atoms with E-state index in [0.29, 0.717) is 11.6 Å². The molecule has 0 saturated heterocycles. The van der Waals surface area contributed by atoms with Crippen LogP contribution in [0, 0.1) is 10.1 Å². The molecule has 0 bridgehead atoms. The Morgan fingerprint density at radius 1 is 1.38 bits per heavy atom. The standard InChI is InChI=1S/C13H10ClN3O4/c14-9-3-1-8(2-4-9)6-15-12-11(13(18)19)5-10(7-16-12)17(20)21/h1-5,7H,6H2,(H,15,16)(H,18,19). The minimum atomic E-state index is -1.29. The summed E-state index contributed by atoms with van der Waals surface area (Å²) in [4.78, 5) is 24.9. The zero-order valence-corrected chi connectivity index (χ0v) is 11.4. The molecule has 0 radical (unpaired) electrons. The van der Waals surface area contributed by atoms with Crippen molar-refractivity contribution in [2.45, 2.75) is 6.54 Å². The summed E-state index contributed by atoms with van der Waals surface area (Å²) >= 11 is 5.77. The van der Waals surface area contributed by atoms with Crippen molar-refractivity contribution in [1.29, 1.82) is 0 Å². The van der Waals surface area contributed by atoms with Gasteiger partial charge in [-0.2, -0.15) is 0 Å². The van der Waals surface area contributed by atoms with Gasteiger partial charge in [-0.25, -0.2) is 9.78 Å². The maximum Gasteiger partial charge on any atom is 0.339 e. The van der Waals surface area contributed by atoms with E-state index in [0.717, 1.165) is 17.8 Å². The van der Waals surface area contributed by atoms with E-state index in [9.17, 15) is 14.9 Å². The normalized spacial score (nSPS) is 10.1. The molecule has 2 N–H and O–H groups in total. The first-order chi connectivity index (χ1) is 9.97. The van der Waals surface area contributed by atoms with E-state index in [1.165, 1.54) is 0 Å². The molecule has 108 valence electrons. The van der Waals surface area contributed by atoms with Gasteiger partial charge in [0.05, 0.1) is 4.92 Å². The lowest BCUT2D eigenvalue weighted by atomic mass is 10.2. The highest BCUT2D eigenvalue weighted by molar-refractivity contribution is 6.30. The highest BCUT2D eigenvalue weighted by atomic mass is 35.5. The number of aromatic carboxylic acids is 1. The average molecular weight is 308 g/mol. The molecule has 0 fully saturated rings. The zero-order valence-electron chi connectivity index (χ0n) is 10.6. The number of anilines is 1. The molecule has 2 aromatic rings. The second kappa shape index (κ2) is 6.19. The number of pyridine rings is 1. The summed E-state index contributed by atoms with van der Waals surface area (Å²) in [7, 11) is 0. The van der Waals surface area contributed by atoms with E-state index in [2.05, 4.69) is 10.3 Å². The fourth-order valence-corrected chi connectivity index (χ4v) is 1.77. The van der Waals surface area contributed by atoms with Gasteiger partial charge in [-0.05, 0) is 17.7 Å². The van der Waals surface area contributed by atoms with E-state index in [1.54, 1.807) is 24.3 Å². The Labute approximate surface area is 124 Å². The third-order valence-electron chi connectivity index (χ3n) is 2.69. The molecule has 0 aliphatic heterocycles. The third-order valence-corrected chi connectivity index (χ3v) is 2.94. The van der Waals surface area contributed by atoms with Crippen molar-refractivity contribution < 1.29 is 14.8 Å². The Hall–Kier alpha value is -2.67. The average Bonchev–Trinajstić information content (AvgIpc) is 2.46. The van der Waals surface area contributed by atoms with Gasteiger partial charge in [-0.1, -0.05) is 23.7 Å². The van der Waals surface area contributed by atoms with Crippen LogP contribution in [-0.4, -0.2) is 21.0 Å². The molecule has 0 aliphatic rings. The van der Waals surface area contributed by atoms with E-state index in [1.807, 2.05) is 0 Å². The number of carboxylic acids is 1. The number of nitrogens with one attached hydrogen (secondary N) is 1. The molecule has 0 amide bonds. The summed E-state index contributed by atoms with van der Waals surface area (Å²) < 4.78 is 0. The lowest BCUT2D eigenvalue weighted by Gasteiger charge is -2.08. The molecule has 0 aliphatic carbocycles. The van der Waals surface area contributed by atoms with Crippen molar-refractivity contribution in [2.24, 2.45) is 0 Å². The molecule has 7 nitrogen and oxygen atoms in total. The molecule has 0 unspecified atom stereocenters. The van der Waals surface area contributed by atoms with Crippen LogP contribution in [-0.2, 0) is 6.54 Å². The summed E-state index contributed by atoms with van der Waals surface area (Å²) in [6, 6.07) is 7.95. The molecular formula is C13H10ClN3O4. The Morgan fingerprint density at radius 3 is 2.62 bits per heavy atom. The van der Waals surface area contributed by atoms with Gasteiger partial charge in [0.15, 0.2) is 0 Å². The van der Waals surface area contributed by atoms with E-state index in [-0.39, 0.29) is 17.1 Å². The molecule has 21 heavy (non-hydrogen) atoms. The lowest BCUT2D eigenvalue weighted by molar-refractivity contribution is -0.385.